The quantitative estimate of drug-likeness (QED) is 0.770. The first-order chi connectivity index (χ1) is 8.14. The SMILES string of the molecule is C=C(C)c1nc(C)c(B2OC(C)(C)C(C)(C)O2)s1. The topological polar surface area (TPSA) is 31.4 Å². The van der Waals surface area contributed by atoms with Crippen molar-refractivity contribution in [2.24, 2.45) is 0 Å². The molecular formula is C13H20BNO2S. The highest BCUT2D eigenvalue weighted by molar-refractivity contribution is 7.23. The minimum atomic E-state index is -0.319. The molecule has 2 rings (SSSR count). The van der Waals surface area contributed by atoms with Crippen molar-refractivity contribution in [1.29, 1.82) is 0 Å². The van der Waals surface area contributed by atoms with Crippen LogP contribution in [0, 0.1) is 6.92 Å². The van der Waals surface area contributed by atoms with Crippen LogP contribution in [0.3, 0.4) is 0 Å². The summed E-state index contributed by atoms with van der Waals surface area (Å²) in [6.07, 6.45) is 0. The number of aryl methyl sites for hydroxylation is 1. The van der Waals surface area contributed by atoms with E-state index in [1.165, 1.54) is 0 Å². The molecule has 0 aliphatic carbocycles. The molecular weight excluding hydrogens is 245 g/mol. The summed E-state index contributed by atoms with van der Waals surface area (Å²) >= 11 is 1.61. The van der Waals surface area contributed by atoms with E-state index in [1.807, 2.05) is 13.8 Å². The molecule has 0 saturated carbocycles. The summed E-state index contributed by atoms with van der Waals surface area (Å²) in [6.45, 7) is 16.1. The van der Waals surface area contributed by atoms with Gasteiger partial charge in [-0.2, -0.15) is 0 Å². The maximum Gasteiger partial charge on any atom is 0.507 e. The third-order valence-electron chi connectivity index (χ3n) is 3.66. The van der Waals surface area contributed by atoms with E-state index in [9.17, 15) is 0 Å². The van der Waals surface area contributed by atoms with Crippen LogP contribution in [0.15, 0.2) is 6.58 Å². The van der Waals surface area contributed by atoms with Gasteiger partial charge in [0.25, 0.3) is 0 Å². The lowest BCUT2D eigenvalue weighted by molar-refractivity contribution is 0.00578. The van der Waals surface area contributed by atoms with Gasteiger partial charge in [0.05, 0.1) is 16.0 Å². The molecule has 1 saturated heterocycles. The van der Waals surface area contributed by atoms with Gasteiger partial charge in [0.15, 0.2) is 0 Å². The summed E-state index contributed by atoms with van der Waals surface area (Å²) in [7, 11) is -0.319. The Morgan fingerprint density at radius 2 is 1.72 bits per heavy atom. The predicted molar refractivity (Wildman–Crippen MR) is 77.3 cm³/mol. The second kappa shape index (κ2) is 4.18. The molecule has 1 aliphatic rings. The molecule has 0 radical (unpaired) electrons. The molecule has 3 nitrogen and oxygen atoms in total. The van der Waals surface area contributed by atoms with Crippen LogP contribution in [0.4, 0.5) is 0 Å². The van der Waals surface area contributed by atoms with Gasteiger partial charge in [0.2, 0.25) is 0 Å². The van der Waals surface area contributed by atoms with Crippen molar-refractivity contribution in [2.45, 2.75) is 52.7 Å². The lowest BCUT2D eigenvalue weighted by atomic mass is 9.86. The Balaban J connectivity index is 2.32. The Labute approximate surface area is 113 Å². The Kier molecular flexibility index (Phi) is 3.20. The fourth-order valence-corrected chi connectivity index (χ4v) is 2.71. The normalized spacial score (nSPS) is 21.3. The molecule has 98 valence electrons. The molecule has 1 aliphatic heterocycles. The van der Waals surface area contributed by atoms with Gasteiger partial charge in [-0.3, -0.25) is 0 Å². The molecule has 0 atom stereocenters. The van der Waals surface area contributed by atoms with Crippen LogP contribution >= 0.6 is 11.3 Å². The average molecular weight is 265 g/mol. The number of hydrogen-bond acceptors (Lipinski definition) is 4. The van der Waals surface area contributed by atoms with E-state index in [4.69, 9.17) is 9.31 Å². The summed E-state index contributed by atoms with van der Waals surface area (Å²) < 4.78 is 13.1. The Hall–Kier alpha value is -0.645. The zero-order valence-electron chi connectivity index (χ0n) is 12.0. The molecule has 1 aromatic heterocycles. The summed E-state index contributed by atoms with van der Waals surface area (Å²) in [6, 6.07) is 0. The molecule has 5 heteroatoms. The monoisotopic (exact) mass is 265 g/mol. The van der Waals surface area contributed by atoms with Crippen LogP contribution in [0.1, 0.15) is 45.3 Å². The van der Waals surface area contributed by atoms with Gasteiger partial charge < -0.3 is 9.31 Å². The predicted octanol–water partition coefficient (Wildman–Crippen LogP) is 2.78. The summed E-state index contributed by atoms with van der Waals surface area (Å²) in [5.41, 5.74) is 1.33. The van der Waals surface area contributed by atoms with Gasteiger partial charge >= 0.3 is 7.12 Å². The number of hydrogen-bond donors (Lipinski definition) is 0. The average Bonchev–Trinajstić information content (AvgIpc) is 2.66. The van der Waals surface area contributed by atoms with Crippen molar-refractivity contribution in [3.63, 3.8) is 0 Å². The van der Waals surface area contributed by atoms with Gasteiger partial charge in [-0.25, -0.2) is 4.98 Å². The lowest BCUT2D eigenvalue weighted by Gasteiger charge is -2.32. The molecule has 0 N–H and O–H groups in total. The molecule has 0 amide bonds. The summed E-state index contributed by atoms with van der Waals surface area (Å²) in [5, 5.41) is 0.956. The maximum absolute atomic E-state index is 6.04. The first kappa shape index (κ1) is 13.8. The lowest BCUT2D eigenvalue weighted by Crippen LogP contribution is -2.41. The van der Waals surface area contributed by atoms with Crippen molar-refractivity contribution < 1.29 is 9.31 Å². The Morgan fingerprint density at radius 1 is 1.22 bits per heavy atom. The van der Waals surface area contributed by atoms with Crippen molar-refractivity contribution in [1.82, 2.24) is 4.98 Å². The fraction of sp³-hybridized carbons (Fsp3) is 0.615. The number of allylic oxidation sites excluding steroid dienone is 1. The highest BCUT2D eigenvalue weighted by Gasteiger charge is 2.52. The Morgan fingerprint density at radius 3 is 2.11 bits per heavy atom. The molecule has 0 unspecified atom stereocenters. The molecule has 2 heterocycles. The van der Waals surface area contributed by atoms with Crippen LogP contribution in [0.5, 0.6) is 0 Å². The van der Waals surface area contributed by atoms with Crippen molar-refractivity contribution >= 4 is 28.8 Å². The van der Waals surface area contributed by atoms with E-state index in [0.717, 1.165) is 21.1 Å². The van der Waals surface area contributed by atoms with E-state index in [2.05, 4.69) is 39.3 Å². The fourth-order valence-electron chi connectivity index (χ4n) is 1.76. The van der Waals surface area contributed by atoms with E-state index < -0.39 is 0 Å². The van der Waals surface area contributed by atoms with Crippen LogP contribution in [0.2, 0.25) is 0 Å². The smallest absolute Gasteiger partial charge is 0.399 e. The molecule has 1 fully saturated rings. The third kappa shape index (κ3) is 2.15. The van der Waals surface area contributed by atoms with Crippen LogP contribution < -0.4 is 4.78 Å². The van der Waals surface area contributed by atoms with Gasteiger partial charge in [0, 0.05) is 5.69 Å². The van der Waals surface area contributed by atoms with Gasteiger partial charge in [0.1, 0.15) is 5.01 Å². The van der Waals surface area contributed by atoms with Gasteiger partial charge in [-0.05, 0) is 47.1 Å². The van der Waals surface area contributed by atoms with Crippen LogP contribution in [-0.2, 0) is 9.31 Å². The van der Waals surface area contributed by atoms with E-state index in [-0.39, 0.29) is 18.3 Å². The van der Waals surface area contributed by atoms with Crippen molar-refractivity contribution in [3.05, 3.63) is 17.3 Å². The minimum Gasteiger partial charge on any atom is -0.399 e. The highest BCUT2D eigenvalue weighted by atomic mass is 32.1. The number of nitrogens with zero attached hydrogens (tertiary/aromatic N) is 1. The van der Waals surface area contributed by atoms with E-state index in [0.29, 0.717) is 0 Å². The van der Waals surface area contributed by atoms with E-state index in [1.54, 1.807) is 11.3 Å². The highest BCUT2D eigenvalue weighted by Crippen LogP contribution is 2.37. The standard InChI is InChI=1S/C13H20BNO2S/c1-8(2)11-15-9(3)10(18-11)14-16-12(4,5)13(6,7)17-14/h1H2,2-7H3. The van der Waals surface area contributed by atoms with Crippen molar-refractivity contribution in [3.8, 4) is 0 Å². The summed E-state index contributed by atoms with van der Waals surface area (Å²) in [4.78, 5) is 4.51. The van der Waals surface area contributed by atoms with Crippen LogP contribution in [0.25, 0.3) is 5.57 Å². The zero-order valence-corrected chi connectivity index (χ0v) is 12.8. The van der Waals surface area contributed by atoms with Crippen LogP contribution in [-0.4, -0.2) is 23.3 Å². The molecule has 0 aromatic carbocycles. The number of aromatic nitrogens is 1. The molecule has 1 aromatic rings. The zero-order chi connectivity index (χ0) is 13.7. The first-order valence-corrected chi connectivity index (χ1v) is 6.94. The molecule has 0 spiro atoms. The van der Waals surface area contributed by atoms with Crippen molar-refractivity contribution in [2.75, 3.05) is 0 Å². The third-order valence-corrected chi connectivity index (χ3v) is 5.01. The second-order valence-corrected chi connectivity index (χ2v) is 6.87. The number of rotatable bonds is 2. The van der Waals surface area contributed by atoms with E-state index >= 15 is 0 Å². The second-order valence-electron chi connectivity index (χ2n) is 5.84. The molecule has 0 bridgehead atoms. The van der Waals surface area contributed by atoms with Gasteiger partial charge in [-0.1, -0.05) is 6.58 Å². The first-order valence-electron chi connectivity index (χ1n) is 6.13. The number of thiazole rings is 1. The summed E-state index contributed by atoms with van der Waals surface area (Å²) in [5.74, 6) is 0. The molecule has 18 heavy (non-hydrogen) atoms. The maximum atomic E-state index is 6.04. The largest absolute Gasteiger partial charge is 0.507 e. The Bertz CT molecular complexity index is 477. The minimum absolute atomic E-state index is 0.308. The van der Waals surface area contributed by atoms with Gasteiger partial charge in [-0.15, -0.1) is 11.3 Å².